The summed E-state index contributed by atoms with van der Waals surface area (Å²) in [4.78, 5) is 27.7. The second-order valence-corrected chi connectivity index (χ2v) is 9.30. The maximum absolute atomic E-state index is 13.6. The van der Waals surface area contributed by atoms with E-state index in [4.69, 9.17) is 30.9 Å². The number of nitrogens with zero attached hydrogens (tertiary/aromatic N) is 3. The zero-order chi connectivity index (χ0) is 25.7. The van der Waals surface area contributed by atoms with Gasteiger partial charge >= 0.3 is 5.97 Å². The number of halogens is 1. The van der Waals surface area contributed by atoms with Gasteiger partial charge in [0.2, 0.25) is 0 Å². The van der Waals surface area contributed by atoms with E-state index in [-0.39, 0.29) is 30.4 Å². The minimum Gasteiger partial charge on any atom is -0.497 e. The van der Waals surface area contributed by atoms with Crippen LogP contribution in [0.1, 0.15) is 43.4 Å². The summed E-state index contributed by atoms with van der Waals surface area (Å²) in [6, 6.07) is 12.7. The number of benzene rings is 2. The molecule has 2 heterocycles. The highest BCUT2D eigenvalue weighted by molar-refractivity contribution is 6.34. The van der Waals surface area contributed by atoms with Crippen molar-refractivity contribution in [2.24, 2.45) is 11.0 Å². The maximum Gasteiger partial charge on any atom is 0.309 e. The molecule has 0 unspecified atom stereocenters. The van der Waals surface area contributed by atoms with Gasteiger partial charge in [0.05, 0.1) is 45.0 Å². The van der Waals surface area contributed by atoms with Gasteiger partial charge < -0.3 is 14.2 Å². The molecule has 4 rings (SSSR count). The lowest BCUT2D eigenvalue weighted by Crippen LogP contribution is -2.43. The molecule has 9 heteroatoms. The van der Waals surface area contributed by atoms with Gasteiger partial charge in [0.1, 0.15) is 11.5 Å². The van der Waals surface area contributed by atoms with Crippen LogP contribution in [0.5, 0.6) is 11.5 Å². The molecule has 0 bridgehead atoms. The summed E-state index contributed by atoms with van der Waals surface area (Å²) in [7, 11) is 3.20. The van der Waals surface area contributed by atoms with Crippen molar-refractivity contribution in [2.45, 2.75) is 32.2 Å². The summed E-state index contributed by atoms with van der Waals surface area (Å²) in [6.45, 7) is 3.72. The van der Waals surface area contributed by atoms with Gasteiger partial charge in [-0.2, -0.15) is 5.10 Å². The Balaban J connectivity index is 1.56. The van der Waals surface area contributed by atoms with Gasteiger partial charge in [0.15, 0.2) is 0 Å². The number of hydrogen-bond donors (Lipinski definition) is 0. The first kappa shape index (κ1) is 26.0. The Morgan fingerprint density at radius 1 is 1.08 bits per heavy atom. The third kappa shape index (κ3) is 5.65. The number of piperidine rings is 1. The molecule has 1 atom stereocenters. The molecule has 1 amide bonds. The Labute approximate surface area is 216 Å². The van der Waals surface area contributed by atoms with Crippen molar-refractivity contribution in [1.82, 2.24) is 9.91 Å². The number of likely N-dealkylation sites (tertiary alicyclic amines) is 1. The van der Waals surface area contributed by atoms with Gasteiger partial charge in [-0.05, 0) is 51.1 Å². The number of carbonyl (C=O) groups is 2. The average Bonchev–Trinajstić information content (AvgIpc) is 3.34. The highest BCUT2D eigenvalue weighted by Crippen LogP contribution is 2.40. The van der Waals surface area contributed by atoms with E-state index >= 15 is 0 Å². The van der Waals surface area contributed by atoms with Crippen molar-refractivity contribution in [3.05, 3.63) is 58.6 Å². The second-order valence-electron chi connectivity index (χ2n) is 8.90. The van der Waals surface area contributed by atoms with Gasteiger partial charge in [0.25, 0.3) is 5.91 Å². The zero-order valence-electron chi connectivity index (χ0n) is 20.9. The Morgan fingerprint density at radius 2 is 1.83 bits per heavy atom. The molecular weight excluding hydrogens is 482 g/mol. The first-order valence-electron chi connectivity index (χ1n) is 12.2. The number of ether oxygens (including phenoxy) is 3. The lowest BCUT2D eigenvalue weighted by atomic mass is 9.96. The van der Waals surface area contributed by atoms with Crippen LogP contribution < -0.4 is 9.47 Å². The van der Waals surface area contributed by atoms with E-state index in [1.807, 2.05) is 49.4 Å². The van der Waals surface area contributed by atoms with E-state index in [1.165, 1.54) is 0 Å². The van der Waals surface area contributed by atoms with Crippen molar-refractivity contribution in [1.29, 1.82) is 0 Å². The monoisotopic (exact) mass is 513 g/mol. The predicted molar refractivity (Wildman–Crippen MR) is 138 cm³/mol. The van der Waals surface area contributed by atoms with Crippen molar-refractivity contribution in [3.8, 4) is 11.5 Å². The van der Waals surface area contributed by atoms with E-state index in [1.54, 1.807) is 19.2 Å². The second kappa shape index (κ2) is 11.8. The van der Waals surface area contributed by atoms with E-state index < -0.39 is 0 Å². The number of methoxy groups -OCH3 is 2. The lowest BCUT2D eigenvalue weighted by molar-refractivity contribution is -0.149. The van der Waals surface area contributed by atoms with Crippen LogP contribution in [0, 0.1) is 5.92 Å². The topological polar surface area (TPSA) is 80.7 Å². The molecule has 1 saturated heterocycles. The highest BCUT2D eigenvalue weighted by Gasteiger charge is 2.36. The summed E-state index contributed by atoms with van der Waals surface area (Å²) in [5.74, 6) is 0.925. The molecule has 0 saturated carbocycles. The molecule has 2 aliphatic rings. The molecule has 0 spiro atoms. The first-order valence-corrected chi connectivity index (χ1v) is 12.6. The van der Waals surface area contributed by atoms with E-state index in [9.17, 15) is 9.59 Å². The van der Waals surface area contributed by atoms with Crippen LogP contribution in [0.15, 0.2) is 47.6 Å². The van der Waals surface area contributed by atoms with Gasteiger partial charge in [-0.25, -0.2) is 5.01 Å². The van der Waals surface area contributed by atoms with Gasteiger partial charge in [0, 0.05) is 28.6 Å². The third-order valence-corrected chi connectivity index (χ3v) is 7.05. The number of carbonyl (C=O) groups excluding carboxylic acids is 2. The number of rotatable bonds is 8. The van der Waals surface area contributed by atoms with Crippen LogP contribution in [0.4, 0.5) is 0 Å². The smallest absolute Gasteiger partial charge is 0.309 e. The SMILES string of the molecule is CCOC(=O)C1CCN(CC(=O)N2N=C(c3ccccc3Cl)C[C@H]2c2ccc(OC)cc2OC)CC1. The third-order valence-electron chi connectivity index (χ3n) is 6.72. The zero-order valence-corrected chi connectivity index (χ0v) is 21.7. The van der Waals surface area contributed by atoms with Crippen LogP contribution in [-0.2, 0) is 14.3 Å². The molecule has 0 aliphatic carbocycles. The van der Waals surface area contributed by atoms with E-state index in [0.29, 0.717) is 55.5 Å². The van der Waals surface area contributed by atoms with Crippen LogP contribution in [0.2, 0.25) is 5.02 Å². The molecule has 0 N–H and O–H groups in total. The molecule has 192 valence electrons. The van der Waals surface area contributed by atoms with Crippen LogP contribution in [0.25, 0.3) is 0 Å². The van der Waals surface area contributed by atoms with Gasteiger partial charge in [-0.15, -0.1) is 0 Å². The fraction of sp³-hybridized carbons (Fsp3) is 0.444. The summed E-state index contributed by atoms with van der Waals surface area (Å²) < 4.78 is 16.2. The Bertz CT molecular complexity index is 1130. The van der Waals surface area contributed by atoms with Gasteiger partial charge in [-0.1, -0.05) is 29.8 Å². The van der Waals surface area contributed by atoms with Gasteiger partial charge in [-0.3, -0.25) is 14.5 Å². The summed E-state index contributed by atoms with van der Waals surface area (Å²) in [5, 5.41) is 6.90. The molecule has 8 nitrogen and oxygen atoms in total. The summed E-state index contributed by atoms with van der Waals surface area (Å²) in [5.41, 5.74) is 2.40. The molecule has 36 heavy (non-hydrogen) atoms. The van der Waals surface area contributed by atoms with E-state index in [0.717, 1.165) is 16.8 Å². The lowest BCUT2D eigenvalue weighted by Gasteiger charge is -2.32. The average molecular weight is 514 g/mol. The van der Waals surface area contributed by atoms with E-state index in [2.05, 4.69) is 4.90 Å². The summed E-state index contributed by atoms with van der Waals surface area (Å²) >= 11 is 6.47. The molecular formula is C27H32ClN3O5. The normalized spacial score (nSPS) is 18.6. The molecule has 2 aliphatic heterocycles. The number of hydrogen-bond acceptors (Lipinski definition) is 7. The number of amides is 1. The fourth-order valence-corrected chi connectivity index (χ4v) is 5.03. The minimum atomic E-state index is -0.346. The minimum absolute atomic E-state index is 0.107. The molecule has 2 aromatic rings. The largest absolute Gasteiger partial charge is 0.497 e. The molecule has 1 fully saturated rings. The van der Waals surface area contributed by atoms with Crippen LogP contribution >= 0.6 is 11.6 Å². The fourth-order valence-electron chi connectivity index (χ4n) is 4.78. The molecule has 2 aromatic carbocycles. The Morgan fingerprint density at radius 3 is 2.50 bits per heavy atom. The Kier molecular flexibility index (Phi) is 8.48. The summed E-state index contributed by atoms with van der Waals surface area (Å²) in [6.07, 6.45) is 1.86. The van der Waals surface area contributed by atoms with Crippen molar-refractivity contribution >= 4 is 29.2 Å². The maximum atomic E-state index is 13.6. The quantitative estimate of drug-likeness (QED) is 0.489. The van der Waals surface area contributed by atoms with Crippen LogP contribution in [0.3, 0.4) is 0 Å². The van der Waals surface area contributed by atoms with Crippen molar-refractivity contribution < 1.29 is 23.8 Å². The number of esters is 1. The first-order chi connectivity index (χ1) is 17.4. The molecule has 0 aromatic heterocycles. The molecule has 0 radical (unpaired) electrons. The number of hydrazone groups is 1. The van der Waals surface area contributed by atoms with Crippen molar-refractivity contribution in [2.75, 3.05) is 40.5 Å². The highest BCUT2D eigenvalue weighted by atomic mass is 35.5. The standard InChI is InChI=1S/C27H32ClN3O5/c1-4-36-27(33)18-11-13-30(14-12-18)17-26(32)31-24(21-10-9-19(34-2)15-25(21)35-3)16-23(29-31)20-7-5-6-8-22(20)28/h5-10,15,18,24H,4,11-14,16-17H2,1-3H3/t24-/m0/s1. The Hall–Kier alpha value is -3.10. The van der Waals surface area contributed by atoms with Crippen LogP contribution in [-0.4, -0.2) is 68.0 Å². The van der Waals surface area contributed by atoms with Crippen molar-refractivity contribution in [3.63, 3.8) is 0 Å². The predicted octanol–water partition coefficient (Wildman–Crippen LogP) is 4.31.